The SMILES string of the molecule is Cc1nc(-c2ccc3c(c2)OC(F)(F)O3)c(-c2cc(-c3cc(F)c(CO)c(S(C)(=O)=O)c3)ccc2-c2cc(C(C)NC(=O)O)nn2C)o1. The number of halogens is 3. The smallest absolute Gasteiger partial charge is 0.465 e. The Hall–Kier alpha value is -5.35. The molecule has 0 radical (unpaired) electrons. The largest absolute Gasteiger partial charge is 0.586 e. The fourth-order valence-electron chi connectivity index (χ4n) is 5.51. The summed E-state index contributed by atoms with van der Waals surface area (Å²) in [7, 11) is -2.30. The molecule has 3 aromatic carbocycles. The molecule has 0 fully saturated rings. The van der Waals surface area contributed by atoms with Crippen molar-refractivity contribution in [2.75, 3.05) is 6.26 Å². The van der Waals surface area contributed by atoms with E-state index >= 15 is 4.39 Å². The molecule has 1 aliphatic heterocycles. The number of amides is 1. The molecule has 0 saturated heterocycles. The van der Waals surface area contributed by atoms with Crippen molar-refractivity contribution in [3.63, 3.8) is 0 Å². The molecule has 16 heteroatoms. The molecular formula is C32H27F3N4O8S. The minimum Gasteiger partial charge on any atom is -0.465 e. The second kappa shape index (κ2) is 11.7. The van der Waals surface area contributed by atoms with E-state index in [0.29, 0.717) is 33.6 Å². The summed E-state index contributed by atoms with van der Waals surface area (Å²) < 4.78 is 84.7. The van der Waals surface area contributed by atoms with E-state index in [-0.39, 0.29) is 44.9 Å². The van der Waals surface area contributed by atoms with Gasteiger partial charge in [0.05, 0.1) is 28.9 Å². The average Bonchev–Trinajstić information content (AvgIpc) is 3.67. The van der Waals surface area contributed by atoms with Crippen LogP contribution < -0.4 is 14.8 Å². The maximum atomic E-state index is 15.2. The van der Waals surface area contributed by atoms with Gasteiger partial charge in [0.1, 0.15) is 11.5 Å². The molecule has 5 aromatic rings. The predicted molar refractivity (Wildman–Crippen MR) is 165 cm³/mol. The van der Waals surface area contributed by atoms with Crippen LogP contribution in [-0.2, 0) is 23.5 Å². The fraction of sp³-hybridized carbons (Fsp3) is 0.219. The van der Waals surface area contributed by atoms with Gasteiger partial charge in [0.15, 0.2) is 33.0 Å². The fourth-order valence-corrected chi connectivity index (χ4v) is 6.46. The van der Waals surface area contributed by atoms with Crippen molar-refractivity contribution in [2.24, 2.45) is 7.05 Å². The molecular weight excluding hydrogens is 657 g/mol. The first-order valence-electron chi connectivity index (χ1n) is 14.2. The molecule has 1 aliphatic rings. The van der Waals surface area contributed by atoms with Gasteiger partial charge in [-0.3, -0.25) is 4.68 Å². The van der Waals surface area contributed by atoms with Crippen molar-refractivity contribution in [3.8, 4) is 56.5 Å². The zero-order chi connectivity index (χ0) is 34.7. The van der Waals surface area contributed by atoms with Crippen molar-refractivity contribution in [3.05, 3.63) is 77.6 Å². The number of benzene rings is 3. The number of ether oxygens (including phenoxy) is 2. The van der Waals surface area contributed by atoms with Gasteiger partial charge in [-0.25, -0.2) is 22.6 Å². The summed E-state index contributed by atoms with van der Waals surface area (Å²) in [5.74, 6) is -0.936. The van der Waals surface area contributed by atoms with Crippen LogP contribution in [0.4, 0.5) is 18.0 Å². The number of alkyl halides is 2. The second-order valence-electron chi connectivity index (χ2n) is 11.1. The maximum Gasteiger partial charge on any atom is 0.586 e. The first-order chi connectivity index (χ1) is 22.5. The summed E-state index contributed by atoms with van der Waals surface area (Å²) in [6.07, 6.45) is -4.18. The zero-order valence-electron chi connectivity index (χ0n) is 25.7. The highest BCUT2D eigenvalue weighted by molar-refractivity contribution is 7.90. The molecule has 1 unspecified atom stereocenters. The number of aryl methyl sites for hydroxylation is 2. The van der Waals surface area contributed by atoms with Crippen molar-refractivity contribution in [1.29, 1.82) is 0 Å². The number of carbonyl (C=O) groups is 1. The summed E-state index contributed by atoms with van der Waals surface area (Å²) in [5.41, 5.74) is 2.50. The molecule has 1 atom stereocenters. The number of sulfone groups is 1. The van der Waals surface area contributed by atoms with Crippen molar-refractivity contribution >= 4 is 15.9 Å². The van der Waals surface area contributed by atoms with Gasteiger partial charge in [-0.2, -0.15) is 5.10 Å². The number of hydrogen-bond acceptors (Lipinski definition) is 9. The number of hydrogen-bond donors (Lipinski definition) is 3. The lowest BCUT2D eigenvalue weighted by molar-refractivity contribution is -0.286. The van der Waals surface area contributed by atoms with Crippen LogP contribution in [0, 0.1) is 12.7 Å². The van der Waals surface area contributed by atoms with Gasteiger partial charge < -0.3 is 29.4 Å². The number of nitrogens with one attached hydrogen (secondary N) is 1. The van der Waals surface area contributed by atoms with Crippen LogP contribution in [0.5, 0.6) is 11.5 Å². The van der Waals surface area contributed by atoms with E-state index < -0.39 is 40.7 Å². The molecule has 3 heterocycles. The summed E-state index contributed by atoms with van der Waals surface area (Å²) >= 11 is 0. The zero-order valence-corrected chi connectivity index (χ0v) is 26.5. The topological polar surface area (TPSA) is 166 Å². The highest BCUT2D eigenvalue weighted by atomic mass is 32.2. The molecule has 3 N–H and O–H groups in total. The highest BCUT2D eigenvalue weighted by Crippen LogP contribution is 2.46. The van der Waals surface area contributed by atoms with E-state index in [4.69, 9.17) is 4.42 Å². The lowest BCUT2D eigenvalue weighted by Gasteiger charge is -2.14. The third kappa shape index (κ3) is 6.06. The Kier molecular flexibility index (Phi) is 7.95. The van der Waals surface area contributed by atoms with E-state index in [1.165, 1.54) is 28.9 Å². The number of aliphatic hydroxyl groups excluding tert-OH is 1. The van der Waals surface area contributed by atoms with Gasteiger partial charge in [0, 0.05) is 42.5 Å². The molecule has 6 rings (SSSR count). The molecule has 2 aromatic heterocycles. The maximum absolute atomic E-state index is 15.2. The van der Waals surface area contributed by atoms with Crippen LogP contribution in [0.1, 0.15) is 30.1 Å². The minimum absolute atomic E-state index is 0.172. The Morgan fingerprint density at radius 2 is 1.73 bits per heavy atom. The molecule has 0 bridgehead atoms. The third-order valence-electron chi connectivity index (χ3n) is 7.68. The van der Waals surface area contributed by atoms with Crippen LogP contribution in [0.2, 0.25) is 0 Å². The third-order valence-corrected chi connectivity index (χ3v) is 8.84. The predicted octanol–water partition coefficient (Wildman–Crippen LogP) is 6.07. The average molecular weight is 685 g/mol. The molecule has 0 spiro atoms. The van der Waals surface area contributed by atoms with Gasteiger partial charge in [0.25, 0.3) is 0 Å². The molecule has 12 nitrogen and oxygen atoms in total. The Labute approximate surface area is 271 Å². The number of nitrogens with zero attached hydrogens (tertiary/aromatic N) is 3. The number of rotatable bonds is 8. The second-order valence-corrected chi connectivity index (χ2v) is 13.1. The highest BCUT2D eigenvalue weighted by Gasteiger charge is 2.43. The quantitative estimate of drug-likeness (QED) is 0.175. The summed E-state index contributed by atoms with van der Waals surface area (Å²) in [4.78, 5) is 15.4. The first-order valence-corrected chi connectivity index (χ1v) is 16.1. The van der Waals surface area contributed by atoms with Crippen LogP contribution >= 0.6 is 0 Å². The van der Waals surface area contributed by atoms with E-state index in [1.807, 2.05) is 0 Å². The Morgan fingerprint density at radius 3 is 2.42 bits per heavy atom. The van der Waals surface area contributed by atoms with Gasteiger partial charge in [-0.05, 0) is 60.5 Å². The van der Waals surface area contributed by atoms with Gasteiger partial charge in [-0.15, -0.1) is 8.78 Å². The van der Waals surface area contributed by atoms with E-state index in [9.17, 15) is 32.2 Å². The van der Waals surface area contributed by atoms with E-state index in [2.05, 4.69) is 24.9 Å². The van der Waals surface area contributed by atoms with Crippen LogP contribution in [0.3, 0.4) is 0 Å². The summed E-state index contributed by atoms with van der Waals surface area (Å²) in [5, 5.41) is 25.7. The Bertz CT molecular complexity index is 2210. The number of aromatic nitrogens is 3. The number of fused-ring (bicyclic) bond motifs is 1. The first kappa shape index (κ1) is 32.6. The molecule has 250 valence electrons. The van der Waals surface area contributed by atoms with E-state index in [0.717, 1.165) is 12.3 Å². The molecule has 0 aliphatic carbocycles. The normalized spacial score (nSPS) is 14.2. The van der Waals surface area contributed by atoms with Crippen LogP contribution in [-0.4, -0.2) is 52.0 Å². The monoisotopic (exact) mass is 684 g/mol. The lowest BCUT2D eigenvalue weighted by atomic mass is 9.93. The number of oxazole rings is 1. The van der Waals surface area contributed by atoms with Gasteiger partial charge >= 0.3 is 12.4 Å². The number of aliphatic hydroxyl groups is 1. The minimum atomic E-state index is -3.95. The lowest BCUT2D eigenvalue weighted by Crippen LogP contribution is -2.25. The standard InChI is InChI=1S/C32H27F3N4O8S/c1-15(36-31(41)42)24-13-25(39(3)38-24)20-7-5-17(19-10-23(33)22(14-40)28(12-19)48(4,43)44)9-21(20)30-29(37-16(2)45-30)18-6-8-26-27(11-18)47-32(34,35)46-26/h5-13,15,36,40H,14H2,1-4H3,(H,41,42). The summed E-state index contributed by atoms with van der Waals surface area (Å²) in [6.45, 7) is 2.37. The summed E-state index contributed by atoms with van der Waals surface area (Å²) in [6, 6.07) is 12.4. The van der Waals surface area contributed by atoms with Gasteiger partial charge in [-0.1, -0.05) is 12.1 Å². The number of carboxylic acid groups (broad SMARTS) is 1. The van der Waals surface area contributed by atoms with Crippen LogP contribution in [0.15, 0.2) is 63.9 Å². The van der Waals surface area contributed by atoms with Crippen LogP contribution in [0.25, 0.3) is 45.0 Å². The van der Waals surface area contributed by atoms with Crippen molar-refractivity contribution in [2.45, 2.75) is 37.7 Å². The molecule has 0 saturated carbocycles. The van der Waals surface area contributed by atoms with Crippen molar-refractivity contribution < 1.29 is 50.5 Å². The molecule has 48 heavy (non-hydrogen) atoms. The Morgan fingerprint density at radius 1 is 1.02 bits per heavy atom. The van der Waals surface area contributed by atoms with Crippen molar-refractivity contribution in [1.82, 2.24) is 20.1 Å². The molecule has 1 amide bonds. The van der Waals surface area contributed by atoms with Gasteiger partial charge in [0.2, 0.25) is 0 Å². The van der Waals surface area contributed by atoms with E-state index in [1.54, 1.807) is 45.2 Å². The Balaban J connectivity index is 1.58.